The van der Waals surface area contributed by atoms with Gasteiger partial charge < -0.3 is 5.32 Å². The van der Waals surface area contributed by atoms with Crippen LogP contribution in [-0.4, -0.2) is 27.5 Å². The van der Waals surface area contributed by atoms with Gasteiger partial charge in [-0.1, -0.05) is 12.1 Å². The number of nitrogens with one attached hydrogen (secondary N) is 3. The Balaban J connectivity index is 1.04. The van der Waals surface area contributed by atoms with Gasteiger partial charge in [0.1, 0.15) is 0 Å². The number of alkyl halides is 2. The zero-order valence-electron chi connectivity index (χ0n) is 21.1. The standard InChI is InChI=1S/C29H35Cl2N3O3/c30-28-11-17-5-18(12-28)8-26(7-17,15-28)24(36)32-22-4-2-1-3-21(22)23(35)33-34-25(37)27-9-19-6-20(10-27)14-29(31,13-19)16-27/h1-4,17-20H,5-16H2,(H,32,36)(H,33,35)(H,34,37). The lowest BCUT2D eigenvalue weighted by atomic mass is 9.49. The predicted molar refractivity (Wildman–Crippen MR) is 142 cm³/mol. The molecule has 198 valence electrons. The number of benzene rings is 1. The van der Waals surface area contributed by atoms with E-state index in [-0.39, 0.29) is 21.6 Å². The van der Waals surface area contributed by atoms with Crippen LogP contribution in [0.4, 0.5) is 5.69 Å². The van der Waals surface area contributed by atoms with Crippen LogP contribution in [0.1, 0.15) is 87.4 Å². The number of amides is 3. The smallest absolute Gasteiger partial charge is 0.271 e. The fourth-order valence-corrected chi connectivity index (χ4v) is 11.6. The number of hydrazine groups is 1. The first-order valence-corrected chi connectivity index (χ1v) is 14.7. The van der Waals surface area contributed by atoms with Gasteiger partial charge in [-0.25, -0.2) is 0 Å². The number of anilines is 1. The van der Waals surface area contributed by atoms with E-state index in [4.69, 9.17) is 23.2 Å². The van der Waals surface area contributed by atoms with Crippen LogP contribution in [-0.2, 0) is 9.59 Å². The Morgan fingerprint density at radius 2 is 1.16 bits per heavy atom. The first kappa shape index (κ1) is 24.3. The van der Waals surface area contributed by atoms with Crippen LogP contribution in [0.3, 0.4) is 0 Å². The summed E-state index contributed by atoms with van der Waals surface area (Å²) in [6.07, 6.45) is 11.2. The molecule has 1 aromatic carbocycles. The molecule has 0 saturated heterocycles. The van der Waals surface area contributed by atoms with E-state index < -0.39 is 16.7 Å². The van der Waals surface area contributed by atoms with Crippen molar-refractivity contribution >= 4 is 46.6 Å². The molecular weight excluding hydrogens is 509 g/mol. The highest BCUT2D eigenvalue weighted by molar-refractivity contribution is 6.25. The van der Waals surface area contributed by atoms with E-state index in [1.165, 1.54) is 6.42 Å². The van der Waals surface area contributed by atoms with Crippen molar-refractivity contribution in [1.29, 1.82) is 0 Å². The van der Waals surface area contributed by atoms with Gasteiger partial charge in [0.05, 0.1) is 22.1 Å². The van der Waals surface area contributed by atoms with Gasteiger partial charge in [-0.2, -0.15) is 0 Å². The fraction of sp³-hybridized carbons (Fsp3) is 0.690. The molecule has 4 atom stereocenters. The quantitative estimate of drug-likeness (QED) is 0.344. The number of carbonyl (C=O) groups is 3. The van der Waals surface area contributed by atoms with Gasteiger partial charge in [0, 0.05) is 9.75 Å². The van der Waals surface area contributed by atoms with Crippen molar-refractivity contribution in [3.05, 3.63) is 29.8 Å². The number of rotatable bonds is 4. The third-order valence-corrected chi connectivity index (χ3v) is 11.5. The lowest BCUT2D eigenvalue weighted by molar-refractivity contribution is -0.145. The van der Waals surface area contributed by atoms with Crippen LogP contribution in [0.5, 0.6) is 0 Å². The summed E-state index contributed by atoms with van der Waals surface area (Å²) in [7, 11) is 0. The van der Waals surface area contributed by atoms with Crippen molar-refractivity contribution in [1.82, 2.24) is 10.9 Å². The maximum Gasteiger partial charge on any atom is 0.271 e. The van der Waals surface area contributed by atoms with Crippen LogP contribution in [0.2, 0.25) is 0 Å². The predicted octanol–water partition coefficient (Wildman–Crippen LogP) is 5.54. The van der Waals surface area contributed by atoms with Crippen molar-refractivity contribution in [2.75, 3.05) is 5.32 Å². The van der Waals surface area contributed by atoms with Gasteiger partial charge in [-0.05, 0) is 113 Å². The summed E-state index contributed by atoms with van der Waals surface area (Å²) in [6, 6.07) is 7.00. The first-order chi connectivity index (χ1) is 17.6. The molecule has 9 rings (SSSR count). The van der Waals surface area contributed by atoms with Gasteiger partial charge in [-0.3, -0.25) is 25.2 Å². The molecule has 3 amide bonds. The molecular formula is C29H35Cl2N3O3. The van der Waals surface area contributed by atoms with E-state index in [2.05, 4.69) is 16.2 Å². The average molecular weight is 545 g/mol. The molecule has 8 fully saturated rings. The molecule has 0 spiro atoms. The Morgan fingerprint density at radius 3 is 1.68 bits per heavy atom. The average Bonchev–Trinajstić information content (AvgIpc) is 2.79. The molecule has 8 saturated carbocycles. The zero-order chi connectivity index (χ0) is 25.6. The molecule has 8 bridgehead atoms. The monoisotopic (exact) mass is 543 g/mol. The summed E-state index contributed by atoms with van der Waals surface area (Å²) < 4.78 is 0. The normalized spacial score (nSPS) is 44.5. The van der Waals surface area contributed by atoms with Crippen molar-refractivity contribution in [3.8, 4) is 0 Å². The van der Waals surface area contributed by atoms with E-state index in [1.54, 1.807) is 18.2 Å². The van der Waals surface area contributed by atoms with Crippen LogP contribution < -0.4 is 16.2 Å². The first-order valence-electron chi connectivity index (χ1n) is 14.0. The second-order valence-electron chi connectivity index (χ2n) is 13.7. The zero-order valence-corrected chi connectivity index (χ0v) is 22.6. The third-order valence-electron chi connectivity index (χ3n) is 10.7. The minimum absolute atomic E-state index is 0.0307. The number of carbonyl (C=O) groups excluding carboxylic acids is 3. The Kier molecular flexibility index (Phi) is 5.32. The largest absolute Gasteiger partial charge is 0.325 e. The molecule has 8 aliphatic carbocycles. The fourth-order valence-electron chi connectivity index (χ4n) is 10.2. The molecule has 1 aromatic rings. The highest BCUT2D eigenvalue weighted by Gasteiger charge is 2.61. The number of para-hydroxylation sites is 1. The van der Waals surface area contributed by atoms with E-state index >= 15 is 0 Å². The number of hydrogen-bond donors (Lipinski definition) is 3. The lowest BCUT2D eigenvalue weighted by Gasteiger charge is -2.59. The minimum atomic E-state index is -0.497. The van der Waals surface area contributed by atoms with Gasteiger partial charge in [-0.15, -0.1) is 23.2 Å². The Hall–Kier alpha value is -1.79. The van der Waals surface area contributed by atoms with Crippen LogP contribution in [0.15, 0.2) is 24.3 Å². The van der Waals surface area contributed by atoms with E-state index in [1.807, 2.05) is 6.07 Å². The van der Waals surface area contributed by atoms with Gasteiger partial charge in [0.25, 0.3) is 5.91 Å². The Labute approximate surface area is 228 Å². The van der Waals surface area contributed by atoms with Gasteiger partial charge in [0.2, 0.25) is 11.8 Å². The highest BCUT2D eigenvalue weighted by Crippen LogP contribution is 2.65. The highest BCUT2D eigenvalue weighted by atomic mass is 35.5. The molecule has 8 aliphatic rings. The summed E-state index contributed by atoms with van der Waals surface area (Å²) >= 11 is 13.8. The van der Waals surface area contributed by atoms with Gasteiger partial charge in [0.15, 0.2) is 0 Å². The minimum Gasteiger partial charge on any atom is -0.325 e. The Bertz CT molecular complexity index is 1160. The lowest BCUT2D eigenvalue weighted by Crippen LogP contribution is -2.60. The van der Waals surface area contributed by atoms with Crippen LogP contribution in [0.25, 0.3) is 0 Å². The van der Waals surface area contributed by atoms with Crippen LogP contribution >= 0.6 is 23.2 Å². The molecule has 6 nitrogen and oxygen atoms in total. The van der Waals surface area contributed by atoms with E-state index in [9.17, 15) is 14.4 Å². The SMILES string of the molecule is O=C(NNC(=O)C12CC3CC(CC(Cl)(C3)C1)C2)c1ccccc1NC(=O)C12CC3CC(CC(Cl)(C3)C1)C2. The van der Waals surface area contributed by atoms with Crippen molar-refractivity contribution in [2.45, 2.75) is 86.8 Å². The van der Waals surface area contributed by atoms with Gasteiger partial charge >= 0.3 is 0 Å². The van der Waals surface area contributed by atoms with Crippen molar-refractivity contribution in [3.63, 3.8) is 0 Å². The number of halogens is 2. The summed E-state index contributed by atoms with van der Waals surface area (Å²) in [5.74, 6) is 1.40. The molecule has 0 radical (unpaired) electrons. The second kappa shape index (κ2) is 8.11. The molecule has 4 unspecified atom stereocenters. The maximum atomic E-state index is 13.7. The molecule has 0 aliphatic heterocycles. The molecule has 0 aromatic heterocycles. The van der Waals surface area contributed by atoms with Crippen LogP contribution in [0, 0.1) is 34.5 Å². The second-order valence-corrected chi connectivity index (χ2v) is 15.3. The Morgan fingerprint density at radius 1 is 0.676 bits per heavy atom. The molecule has 37 heavy (non-hydrogen) atoms. The van der Waals surface area contributed by atoms with E-state index in [0.29, 0.717) is 47.8 Å². The maximum absolute atomic E-state index is 13.7. The molecule has 3 N–H and O–H groups in total. The van der Waals surface area contributed by atoms with E-state index in [0.717, 1.165) is 57.8 Å². The summed E-state index contributed by atoms with van der Waals surface area (Å²) in [6.45, 7) is 0. The van der Waals surface area contributed by atoms with Crippen molar-refractivity contribution in [2.24, 2.45) is 34.5 Å². The third kappa shape index (κ3) is 4.00. The molecule has 0 heterocycles. The topological polar surface area (TPSA) is 87.3 Å². The molecule has 8 heteroatoms. The van der Waals surface area contributed by atoms with Crippen molar-refractivity contribution < 1.29 is 14.4 Å². The number of hydrogen-bond acceptors (Lipinski definition) is 3. The summed E-state index contributed by atoms with van der Waals surface area (Å²) in [5.41, 5.74) is 5.20. The summed E-state index contributed by atoms with van der Waals surface area (Å²) in [4.78, 5) is 39.7. The summed E-state index contributed by atoms with van der Waals surface area (Å²) in [5, 5.41) is 3.08.